The quantitative estimate of drug-likeness (QED) is 0.478. The van der Waals surface area contributed by atoms with Crippen LogP contribution in [0.5, 0.6) is 11.5 Å². The van der Waals surface area contributed by atoms with Gasteiger partial charge in [-0.1, -0.05) is 11.8 Å². The standard InChI is InChI=1S/C14H11NO5S/c16-10-4-3-8(6-11(10)17)12(18)7-21-13-9(14(19)20)2-1-5-15-13/h1-6,16-17H,7H2,(H,19,20)/p-1. The molecule has 0 saturated heterocycles. The summed E-state index contributed by atoms with van der Waals surface area (Å²) in [6.45, 7) is 0. The minimum Gasteiger partial charge on any atom is -0.545 e. The molecule has 0 aliphatic heterocycles. The summed E-state index contributed by atoms with van der Waals surface area (Å²) in [6, 6.07) is 6.55. The van der Waals surface area contributed by atoms with Gasteiger partial charge in [0.1, 0.15) is 5.03 Å². The van der Waals surface area contributed by atoms with E-state index in [1.165, 1.54) is 30.5 Å². The van der Waals surface area contributed by atoms with Crippen molar-refractivity contribution < 1.29 is 24.9 Å². The highest BCUT2D eigenvalue weighted by Gasteiger charge is 2.12. The second-order valence-corrected chi connectivity index (χ2v) is 5.02. The number of hydrogen-bond acceptors (Lipinski definition) is 7. The summed E-state index contributed by atoms with van der Waals surface area (Å²) in [5.74, 6) is -2.45. The number of phenols is 2. The molecule has 0 spiro atoms. The number of thioether (sulfide) groups is 1. The molecule has 1 aromatic heterocycles. The molecule has 0 fully saturated rings. The Morgan fingerprint density at radius 2 is 1.95 bits per heavy atom. The number of carboxylic acids is 1. The summed E-state index contributed by atoms with van der Waals surface area (Å²) in [4.78, 5) is 26.8. The number of aromatic carboxylic acids is 1. The average molecular weight is 304 g/mol. The number of carbonyl (C=O) groups is 2. The number of pyridine rings is 1. The van der Waals surface area contributed by atoms with Crippen LogP contribution in [0.4, 0.5) is 0 Å². The smallest absolute Gasteiger partial charge is 0.173 e. The molecule has 1 heterocycles. The molecule has 0 aliphatic carbocycles. The van der Waals surface area contributed by atoms with Gasteiger partial charge in [0.05, 0.1) is 11.7 Å². The number of nitrogens with zero attached hydrogens (tertiary/aromatic N) is 1. The summed E-state index contributed by atoms with van der Waals surface area (Å²) in [7, 11) is 0. The highest BCUT2D eigenvalue weighted by atomic mass is 32.2. The number of ketones is 1. The van der Waals surface area contributed by atoms with E-state index < -0.39 is 5.97 Å². The van der Waals surface area contributed by atoms with Crippen molar-refractivity contribution in [1.82, 2.24) is 4.98 Å². The largest absolute Gasteiger partial charge is 0.545 e. The number of benzene rings is 1. The van der Waals surface area contributed by atoms with Gasteiger partial charge in [0, 0.05) is 17.3 Å². The first-order valence-corrected chi connectivity index (χ1v) is 6.82. The van der Waals surface area contributed by atoms with E-state index in [0.717, 1.165) is 17.8 Å². The second kappa shape index (κ2) is 6.27. The molecule has 21 heavy (non-hydrogen) atoms. The Morgan fingerprint density at radius 1 is 1.19 bits per heavy atom. The predicted molar refractivity (Wildman–Crippen MR) is 73.4 cm³/mol. The molecule has 0 amide bonds. The molecule has 1 aromatic carbocycles. The second-order valence-electron chi connectivity index (χ2n) is 4.06. The number of rotatable bonds is 5. The van der Waals surface area contributed by atoms with Gasteiger partial charge in [-0.25, -0.2) is 4.98 Å². The van der Waals surface area contributed by atoms with Crippen molar-refractivity contribution in [2.24, 2.45) is 0 Å². The van der Waals surface area contributed by atoms with Gasteiger partial charge in [0.25, 0.3) is 0 Å². The summed E-state index contributed by atoms with van der Waals surface area (Å²) in [5, 5.41) is 29.6. The molecule has 0 atom stereocenters. The number of Topliss-reactive ketones (excluding diaryl/α,β-unsaturated/α-hetero) is 1. The van der Waals surface area contributed by atoms with Crippen LogP contribution in [0, 0.1) is 0 Å². The molecular weight excluding hydrogens is 294 g/mol. The number of aromatic hydroxyl groups is 2. The minimum atomic E-state index is -1.36. The van der Waals surface area contributed by atoms with Crippen LogP contribution in [0.25, 0.3) is 0 Å². The first kappa shape index (κ1) is 14.9. The molecule has 0 radical (unpaired) electrons. The van der Waals surface area contributed by atoms with Crippen molar-refractivity contribution in [3.05, 3.63) is 47.7 Å². The van der Waals surface area contributed by atoms with Crippen LogP contribution in [0.1, 0.15) is 20.7 Å². The number of carbonyl (C=O) groups excluding carboxylic acids is 2. The van der Waals surface area contributed by atoms with E-state index in [1.807, 2.05) is 0 Å². The normalized spacial score (nSPS) is 10.3. The molecular formula is C14H10NO5S-. The molecule has 108 valence electrons. The number of aromatic nitrogens is 1. The third-order valence-electron chi connectivity index (χ3n) is 2.63. The maximum atomic E-state index is 12.0. The van der Waals surface area contributed by atoms with E-state index >= 15 is 0 Å². The van der Waals surface area contributed by atoms with Gasteiger partial charge in [-0.15, -0.1) is 0 Å². The van der Waals surface area contributed by atoms with Crippen molar-refractivity contribution in [1.29, 1.82) is 0 Å². The number of carboxylic acid groups (broad SMARTS) is 1. The molecule has 2 N–H and O–H groups in total. The topological polar surface area (TPSA) is 111 Å². The highest BCUT2D eigenvalue weighted by Crippen LogP contribution is 2.26. The Kier molecular flexibility index (Phi) is 4.44. The van der Waals surface area contributed by atoms with Gasteiger partial charge in [-0.05, 0) is 30.3 Å². The Morgan fingerprint density at radius 3 is 2.62 bits per heavy atom. The zero-order chi connectivity index (χ0) is 15.4. The SMILES string of the molecule is O=C(CSc1ncccc1C(=O)[O-])c1ccc(O)c(O)c1. The van der Waals surface area contributed by atoms with Gasteiger partial charge in [0.15, 0.2) is 17.3 Å². The van der Waals surface area contributed by atoms with E-state index in [2.05, 4.69) is 4.98 Å². The van der Waals surface area contributed by atoms with Gasteiger partial charge in [-0.3, -0.25) is 4.79 Å². The average Bonchev–Trinajstić information content (AvgIpc) is 2.47. The Bertz CT molecular complexity index is 702. The van der Waals surface area contributed by atoms with Gasteiger partial charge in [-0.2, -0.15) is 0 Å². The fraction of sp³-hybridized carbons (Fsp3) is 0.0714. The Hall–Kier alpha value is -2.54. The predicted octanol–water partition coefficient (Wildman–Crippen LogP) is 0.831. The molecule has 6 nitrogen and oxygen atoms in total. The molecule has 0 bridgehead atoms. The lowest BCUT2D eigenvalue weighted by Gasteiger charge is -2.08. The van der Waals surface area contributed by atoms with Crippen molar-refractivity contribution in [3.8, 4) is 11.5 Å². The number of phenolic OH excluding ortho intramolecular Hbond substituents is 2. The third-order valence-corrected chi connectivity index (χ3v) is 3.63. The van der Waals surface area contributed by atoms with E-state index in [-0.39, 0.29) is 39.2 Å². The fourth-order valence-corrected chi connectivity index (χ4v) is 2.45. The molecule has 0 saturated carbocycles. The van der Waals surface area contributed by atoms with Gasteiger partial charge in [0.2, 0.25) is 0 Å². The zero-order valence-electron chi connectivity index (χ0n) is 10.6. The highest BCUT2D eigenvalue weighted by molar-refractivity contribution is 8.00. The maximum Gasteiger partial charge on any atom is 0.173 e. The Labute approximate surface area is 124 Å². The van der Waals surface area contributed by atoms with Crippen LogP contribution in [0.2, 0.25) is 0 Å². The van der Waals surface area contributed by atoms with Crippen LogP contribution < -0.4 is 5.11 Å². The van der Waals surface area contributed by atoms with E-state index in [4.69, 9.17) is 0 Å². The van der Waals surface area contributed by atoms with E-state index in [0.29, 0.717) is 0 Å². The molecule has 2 rings (SSSR count). The molecule has 0 unspecified atom stereocenters. The molecule has 0 aliphatic rings. The van der Waals surface area contributed by atoms with Crippen LogP contribution in [0.3, 0.4) is 0 Å². The van der Waals surface area contributed by atoms with Crippen LogP contribution in [0.15, 0.2) is 41.6 Å². The van der Waals surface area contributed by atoms with E-state index in [9.17, 15) is 24.9 Å². The zero-order valence-corrected chi connectivity index (χ0v) is 11.5. The summed E-state index contributed by atoms with van der Waals surface area (Å²) in [6.07, 6.45) is 1.42. The first-order valence-electron chi connectivity index (χ1n) is 5.83. The minimum absolute atomic E-state index is 0.0541. The third kappa shape index (κ3) is 3.51. The maximum absolute atomic E-state index is 12.0. The summed E-state index contributed by atoms with van der Waals surface area (Å²) in [5.41, 5.74) is 0.132. The summed E-state index contributed by atoms with van der Waals surface area (Å²) < 4.78 is 0. The van der Waals surface area contributed by atoms with Crippen LogP contribution >= 0.6 is 11.8 Å². The lowest BCUT2D eigenvalue weighted by atomic mass is 10.1. The monoisotopic (exact) mass is 304 g/mol. The van der Waals surface area contributed by atoms with E-state index in [1.54, 1.807) is 0 Å². The van der Waals surface area contributed by atoms with Crippen LogP contribution in [-0.2, 0) is 0 Å². The van der Waals surface area contributed by atoms with Crippen molar-refractivity contribution in [2.45, 2.75) is 5.03 Å². The lowest BCUT2D eigenvalue weighted by Crippen LogP contribution is -2.23. The Balaban J connectivity index is 2.11. The fourth-order valence-electron chi connectivity index (χ4n) is 1.58. The lowest BCUT2D eigenvalue weighted by molar-refractivity contribution is -0.255. The molecule has 2 aromatic rings. The number of hydrogen-bond donors (Lipinski definition) is 2. The van der Waals surface area contributed by atoms with Gasteiger partial charge < -0.3 is 20.1 Å². The van der Waals surface area contributed by atoms with Crippen LogP contribution in [-0.4, -0.2) is 32.7 Å². The summed E-state index contributed by atoms with van der Waals surface area (Å²) >= 11 is 0.963. The van der Waals surface area contributed by atoms with Crippen molar-refractivity contribution in [2.75, 3.05) is 5.75 Å². The first-order chi connectivity index (χ1) is 9.99. The van der Waals surface area contributed by atoms with Gasteiger partial charge >= 0.3 is 0 Å². The van der Waals surface area contributed by atoms with Crippen molar-refractivity contribution >= 4 is 23.5 Å². The molecule has 7 heteroatoms. The van der Waals surface area contributed by atoms with Crippen molar-refractivity contribution in [3.63, 3.8) is 0 Å².